The number of benzene rings is 1. The van der Waals surface area contributed by atoms with Crippen LogP contribution in [0.25, 0.3) is 0 Å². The fourth-order valence-electron chi connectivity index (χ4n) is 1.29. The smallest absolute Gasteiger partial charge is 0.307 e. The molecule has 0 fully saturated rings. The minimum atomic E-state index is -0.297. The van der Waals surface area contributed by atoms with Crippen molar-refractivity contribution in [1.29, 1.82) is 0 Å². The third-order valence-electron chi connectivity index (χ3n) is 2.07. The van der Waals surface area contributed by atoms with Crippen LogP contribution in [0.1, 0.15) is 19.4 Å². The fraction of sp³-hybridized carbons (Fsp3) is 0.308. The van der Waals surface area contributed by atoms with Gasteiger partial charge in [-0.2, -0.15) is 0 Å². The van der Waals surface area contributed by atoms with Gasteiger partial charge in [0.2, 0.25) is 0 Å². The highest BCUT2D eigenvalue weighted by molar-refractivity contribution is 5.66. The van der Waals surface area contributed by atoms with E-state index in [-0.39, 0.29) is 5.97 Å². The van der Waals surface area contributed by atoms with Gasteiger partial charge in [-0.05, 0) is 36.6 Å². The van der Waals surface area contributed by atoms with E-state index in [9.17, 15) is 4.79 Å². The van der Waals surface area contributed by atoms with E-state index in [4.69, 9.17) is 9.47 Å². The molecule has 0 atom stereocenters. The molecule has 0 N–H and O–H groups in total. The van der Waals surface area contributed by atoms with Crippen LogP contribution in [0.3, 0.4) is 0 Å². The van der Waals surface area contributed by atoms with Crippen molar-refractivity contribution in [2.24, 2.45) is 0 Å². The summed E-state index contributed by atoms with van der Waals surface area (Å²) < 4.78 is 9.86. The van der Waals surface area contributed by atoms with Crippen molar-refractivity contribution in [3.8, 4) is 5.75 Å². The minimum absolute atomic E-state index is 0.297. The van der Waals surface area contributed by atoms with Gasteiger partial charge >= 0.3 is 5.97 Å². The second-order valence-electron chi connectivity index (χ2n) is 3.60. The Morgan fingerprint density at radius 3 is 2.38 bits per heavy atom. The maximum Gasteiger partial charge on any atom is 0.307 e. The number of carbonyl (C=O) groups excluding carboxylic acids is 1. The first-order chi connectivity index (χ1) is 7.61. The lowest BCUT2D eigenvalue weighted by Gasteiger charge is -2.03. The third kappa shape index (κ3) is 4.17. The van der Waals surface area contributed by atoms with Crippen LogP contribution in [0.15, 0.2) is 36.1 Å². The van der Waals surface area contributed by atoms with E-state index in [1.807, 2.05) is 31.2 Å². The van der Waals surface area contributed by atoms with E-state index in [0.29, 0.717) is 0 Å². The SMILES string of the molecule is COc1ccc(C/C(C)=C\OC(C)=O)cc1. The van der Waals surface area contributed by atoms with Crippen LogP contribution < -0.4 is 4.74 Å². The van der Waals surface area contributed by atoms with Crippen molar-refractivity contribution in [3.63, 3.8) is 0 Å². The van der Waals surface area contributed by atoms with E-state index in [2.05, 4.69) is 0 Å². The number of hydrogen-bond acceptors (Lipinski definition) is 3. The molecular formula is C13H16O3. The summed E-state index contributed by atoms with van der Waals surface area (Å²) in [5.74, 6) is 0.541. The molecule has 1 rings (SSSR count). The summed E-state index contributed by atoms with van der Waals surface area (Å²) in [6, 6.07) is 7.80. The van der Waals surface area contributed by atoms with Gasteiger partial charge in [-0.25, -0.2) is 0 Å². The third-order valence-corrected chi connectivity index (χ3v) is 2.07. The molecular weight excluding hydrogens is 204 g/mol. The van der Waals surface area contributed by atoms with Crippen molar-refractivity contribution >= 4 is 5.97 Å². The van der Waals surface area contributed by atoms with Crippen LogP contribution in [0.2, 0.25) is 0 Å². The highest BCUT2D eigenvalue weighted by Gasteiger charge is 1.97. The molecule has 16 heavy (non-hydrogen) atoms. The van der Waals surface area contributed by atoms with Gasteiger partial charge in [0.15, 0.2) is 0 Å². The summed E-state index contributed by atoms with van der Waals surface area (Å²) >= 11 is 0. The molecule has 0 heterocycles. The molecule has 0 aliphatic rings. The van der Waals surface area contributed by atoms with Crippen LogP contribution >= 0.6 is 0 Å². The molecule has 0 aliphatic carbocycles. The summed E-state index contributed by atoms with van der Waals surface area (Å²) in [7, 11) is 1.64. The molecule has 3 nitrogen and oxygen atoms in total. The molecule has 3 heteroatoms. The van der Waals surface area contributed by atoms with Crippen LogP contribution in [0, 0.1) is 0 Å². The first kappa shape index (κ1) is 12.3. The Labute approximate surface area is 95.7 Å². The monoisotopic (exact) mass is 220 g/mol. The minimum Gasteiger partial charge on any atom is -0.497 e. The zero-order valence-corrected chi connectivity index (χ0v) is 9.82. The van der Waals surface area contributed by atoms with Gasteiger partial charge in [-0.15, -0.1) is 0 Å². The first-order valence-corrected chi connectivity index (χ1v) is 5.07. The van der Waals surface area contributed by atoms with Crippen LogP contribution in [-0.4, -0.2) is 13.1 Å². The van der Waals surface area contributed by atoms with E-state index in [0.717, 1.165) is 23.3 Å². The van der Waals surface area contributed by atoms with Gasteiger partial charge in [0.1, 0.15) is 5.75 Å². The van der Waals surface area contributed by atoms with Gasteiger partial charge in [-0.1, -0.05) is 12.1 Å². The summed E-state index contributed by atoms with van der Waals surface area (Å²) in [4.78, 5) is 10.6. The number of hydrogen-bond donors (Lipinski definition) is 0. The highest BCUT2D eigenvalue weighted by Crippen LogP contribution is 2.14. The van der Waals surface area contributed by atoms with Crippen molar-refractivity contribution < 1.29 is 14.3 Å². The standard InChI is InChI=1S/C13H16O3/c1-10(9-16-11(2)14)8-12-4-6-13(15-3)7-5-12/h4-7,9H,8H2,1-3H3/b10-9-. The number of allylic oxidation sites excluding steroid dienone is 1. The second kappa shape index (κ2) is 5.95. The van der Waals surface area contributed by atoms with Crippen molar-refractivity contribution in [2.45, 2.75) is 20.3 Å². The van der Waals surface area contributed by atoms with E-state index in [1.54, 1.807) is 7.11 Å². The van der Waals surface area contributed by atoms with Crippen LogP contribution in [-0.2, 0) is 16.0 Å². The normalized spacial score (nSPS) is 11.1. The molecule has 0 saturated carbocycles. The summed E-state index contributed by atoms with van der Waals surface area (Å²) in [6.45, 7) is 3.31. The fourth-order valence-corrected chi connectivity index (χ4v) is 1.29. The van der Waals surface area contributed by atoms with Crippen molar-refractivity contribution in [1.82, 2.24) is 0 Å². The molecule has 0 amide bonds. The molecule has 1 aromatic rings. The quantitative estimate of drug-likeness (QED) is 0.578. The lowest BCUT2D eigenvalue weighted by atomic mass is 10.1. The topological polar surface area (TPSA) is 35.5 Å². The Balaban J connectivity index is 2.58. The van der Waals surface area contributed by atoms with Crippen molar-refractivity contribution in [2.75, 3.05) is 7.11 Å². The molecule has 0 saturated heterocycles. The first-order valence-electron chi connectivity index (χ1n) is 5.07. The summed E-state index contributed by atoms with van der Waals surface area (Å²) in [5.41, 5.74) is 2.15. The Morgan fingerprint density at radius 1 is 1.25 bits per heavy atom. The van der Waals surface area contributed by atoms with Crippen molar-refractivity contribution in [3.05, 3.63) is 41.7 Å². The lowest BCUT2D eigenvalue weighted by molar-refractivity contribution is -0.135. The Hall–Kier alpha value is -1.77. The van der Waals surface area contributed by atoms with Gasteiger partial charge in [-0.3, -0.25) is 4.79 Å². The molecule has 0 aromatic heterocycles. The van der Waals surface area contributed by atoms with Gasteiger partial charge < -0.3 is 9.47 Å². The zero-order valence-electron chi connectivity index (χ0n) is 9.82. The number of esters is 1. The Kier molecular flexibility index (Phi) is 4.58. The number of methoxy groups -OCH3 is 1. The summed E-state index contributed by atoms with van der Waals surface area (Å²) in [6.07, 6.45) is 2.25. The number of carbonyl (C=O) groups is 1. The molecule has 0 unspecified atom stereocenters. The largest absolute Gasteiger partial charge is 0.497 e. The van der Waals surface area contributed by atoms with E-state index >= 15 is 0 Å². The predicted molar refractivity (Wildman–Crippen MR) is 62.2 cm³/mol. The average molecular weight is 220 g/mol. The van der Waals surface area contributed by atoms with Crippen LogP contribution in [0.4, 0.5) is 0 Å². The lowest BCUT2D eigenvalue weighted by Crippen LogP contribution is -1.94. The average Bonchev–Trinajstić information content (AvgIpc) is 2.27. The Bertz CT molecular complexity index is 377. The summed E-state index contributed by atoms with van der Waals surface area (Å²) in [5, 5.41) is 0. The maximum absolute atomic E-state index is 10.6. The zero-order chi connectivity index (χ0) is 12.0. The van der Waals surface area contributed by atoms with Gasteiger partial charge in [0.05, 0.1) is 13.4 Å². The molecule has 0 aliphatic heterocycles. The number of rotatable bonds is 4. The maximum atomic E-state index is 10.6. The predicted octanol–water partition coefficient (Wildman–Crippen LogP) is 2.70. The van der Waals surface area contributed by atoms with Crippen LogP contribution in [0.5, 0.6) is 5.75 Å². The molecule has 0 bridgehead atoms. The van der Waals surface area contributed by atoms with Gasteiger partial charge in [0.25, 0.3) is 0 Å². The highest BCUT2D eigenvalue weighted by atomic mass is 16.5. The Morgan fingerprint density at radius 2 is 1.88 bits per heavy atom. The number of ether oxygens (including phenoxy) is 2. The van der Waals surface area contributed by atoms with E-state index in [1.165, 1.54) is 13.2 Å². The second-order valence-corrected chi connectivity index (χ2v) is 3.60. The van der Waals surface area contributed by atoms with E-state index < -0.39 is 0 Å². The molecule has 86 valence electrons. The van der Waals surface area contributed by atoms with Gasteiger partial charge in [0, 0.05) is 6.92 Å². The molecule has 1 aromatic carbocycles. The molecule has 0 radical (unpaired) electrons. The molecule has 0 spiro atoms.